The van der Waals surface area contributed by atoms with Crippen molar-refractivity contribution in [2.45, 2.75) is 140 Å². The number of nitrogens with zero attached hydrogens (tertiary/aromatic N) is 10. The summed E-state index contributed by atoms with van der Waals surface area (Å²) in [5, 5.41) is 37.4. The average Bonchev–Trinajstić information content (AvgIpc) is 4.28. The number of hydrogen-bond donors (Lipinski definition) is 4. The number of β-amino-alcohol motifs (C(OH)–C–C–N with tert-alkyl or cyclic N) is 1. The van der Waals surface area contributed by atoms with Crippen LogP contribution in [0.4, 0.5) is 23.0 Å². The number of aromatic nitrogens is 5. The molecule has 5 aliphatic heterocycles. The molecule has 5 N–H and O–H groups in total. The number of aryl methyl sites for hydroxylation is 1. The molecule has 6 aromatic rings. The third kappa shape index (κ3) is 11.6. The molecule has 0 radical (unpaired) electrons. The first-order chi connectivity index (χ1) is 39.3. The largest absolute Gasteiger partial charge is 0.507 e. The number of nitrogen functional groups attached to an aromatic ring is 1. The van der Waals surface area contributed by atoms with E-state index in [-0.39, 0.29) is 60.8 Å². The molecule has 428 valence electrons. The fraction of sp³-hybridized carbons (Fsp3) is 0.525. The van der Waals surface area contributed by atoms with Crippen LogP contribution in [-0.2, 0) is 14.3 Å². The van der Waals surface area contributed by atoms with Crippen molar-refractivity contribution in [2.24, 2.45) is 11.8 Å². The molecule has 1 unspecified atom stereocenters. The van der Waals surface area contributed by atoms with Crippen LogP contribution in [-0.4, -0.2) is 152 Å². The van der Waals surface area contributed by atoms with Gasteiger partial charge in [0.05, 0.1) is 41.4 Å². The summed E-state index contributed by atoms with van der Waals surface area (Å²) in [6.07, 6.45) is 11.2. The number of benzene rings is 2. The van der Waals surface area contributed by atoms with Gasteiger partial charge in [0.2, 0.25) is 17.7 Å². The lowest BCUT2D eigenvalue weighted by molar-refractivity contribution is -0.141. The van der Waals surface area contributed by atoms with Gasteiger partial charge in [-0.25, -0.2) is 9.97 Å². The zero-order valence-electron chi connectivity index (χ0n) is 46.8. The lowest BCUT2D eigenvalue weighted by Crippen LogP contribution is -2.54. The summed E-state index contributed by atoms with van der Waals surface area (Å²) in [7, 11) is 0. The molecule has 2 amide bonds. The number of carbonyl (C=O) groups excluding carboxylic acids is 2. The molecule has 20 heteroatoms. The maximum atomic E-state index is 14.4. The molecule has 1 aliphatic carbocycles. The Hall–Kier alpha value is -7.29. The van der Waals surface area contributed by atoms with Crippen LogP contribution in [0.1, 0.15) is 108 Å². The van der Waals surface area contributed by atoms with Gasteiger partial charge < -0.3 is 64.2 Å². The van der Waals surface area contributed by atoms with E-state index < -0.39 is 18.1 Å². The average molecular weight is 1110 g/mol. The van der Waals surface area contributed by atoms with Crippen molar-refractivity contribution in [1.82, 2.24) is 40.4 Å². The Labute approximate surface area is 473 Å². The highest BCUT2D eigenvalue weighted by Crippen LogP contribution is 2.41. The fourth-order valence-electron chi connectivity index (χ4n) is 13.4. The van der Waals surface area contributed by atoms with E-state index in [9.17, 15) is 19.8 Å². The Morgan fingerprint density at radius 3 is 2.30 bits per heavy atom. The number of hydrogen-bond acceptors (Lipinski definition) is 18. The second kappa shape index (κ2) is 23.3. The van der Waals surface area contributed by atoms with Gasteiger partial charge in [0.25, 0.3) is 0 Å². The van der Waals surface area contributed by atoms with E-state index in [1.807, 2.05) is 82.4 Å². The van der Waals surface area contributed by atoms with Gasteiger partial charge in [-0.1, -0.05) is 55.4 Å². The van der Waals surface area contributed by atoms with Crippen molar-refractivity contribution in [2.75, 3.05) is 72.8 Å². The highest BCUT2D eigenvalue weighted by molar-refractivity contribution is 5.91. The topological polar surface area (TPSA) is 238 Å². The predicted molar refractivity (Wildman–Crippen MR) is 306 cm³/mol. The summed E-state index contributed by atoms with van der Waals surface area (Å²) in [6, 6.07) is 22.4. The van der Waals surface area contributed by atoms with Crippen molar-refractivity contribution in [3.8, 4) is 34.2 Å². The molecule has 4 aromatic heterocycles. The van der Waals surface area contributed by atoms with Gasteiger partial charge in [0.1, 0.15) is 23.8 Å². The summed E-state index contributed by atoms with van der Waals surface area (Å²) < 4.78 is 24.6. The monoisotopic (exact) mass is 1100 g/mol. The number of nitrogens with one attached hydrogen (secondary N) is 1. The standard InChI is InChI=1S/C61H76N12O8/c1-36(2)57(61(77)72-34-45(74)26-52(72)60(76)65-37(3)40-9-11-41(12-10-40)58-38(4)64-35-78-58)54-30-55(68-81-54)70-23-16-39(17-24-70)31-69-21-18-46(19-22-69)79-47-27-48(28-47)80-56-25-42(15-20-63-56)73-43-13-14-44(73)33-71(32-43)51-29-50(66-67-59(51)62)49-7-5-6-8-53(49)75/h5-12,15,20,25,29-30,35-37,39,43-48,52,57,74-75H,13-14,16-19,21-24,26-28,31-34H2,1-4H3,(H2,62,67)(H,65,76)/t37-,43+,44?,45+,47?,48?,52-,57+/m0/s1. The van der Waals surface area contributed by atoms with Crippen LogP contribution in [0, 0.1) is 18.8 Å². The van der Waals surface area contributed by atoms with Crippen LogP contribution in [0.15, 0.2) is 94.3 Å². The Kier molecular flexibility index (Phi) is 15.6. The third-order valence-corrected chi connectivity index (χ3v) is 17.9. The summed E-state index contributed by atoms with van der Waals surface area (Å²) in [6.45, 7) is 14.3. The molecular formula is C61H76N12O8. The van der Waals surface area contributed by atoms with Crippen LogP contribution in [0.3, 0.4) is 0 Å². The Balaban J connectivity index is 0.564. The first-order valence-corrected chi connectivity index (χ1v) is 29.2. The predicted octanol–water partition coefficient (Wildman–Crippen LogP) is 7.52. The van der Waals surface area contributed by atoms with Gasteiger partial charge >= 0.3 is 0 Å². The number of likely N-dealkylation sites (tertiary alicyclic amines) is 2. The normalized spacial score (nSPS) is 24.4. The van der Waals surface area contributed by atoms with Gasteiger partial charge in [0.15, 0.2) is 29.5 Å². The van der Waals surface area contributed by atoms with Crippen molar-refractivity contribution in [3.05, 3.63) is 102 Å². The molecule has 2 aromatic carbocycles. The number of aromatic hydroxyl groups is 1. The van der Waals surface area contributed by atoms with Crippen LogP contribution in [0.25, 0.3) is 22.6 Å². The Morgan fingerprint density at radius 2 is 1.58 bits per heavy atom. The van der Waals surface area contributed by atoms with Crippen LogP contribution < -0.4 is 30.5 Å². The number of nitrogens with two attached hydrogens (primary N) is 1. The van der Waals surface area contributed by atoms with Gasteiger partial charge in [-0.05, 0) is 94.0 Å². The SMILES string of the molecule is Cc1ncoc1-c1ccc([C@H](C)NC(=O)[C@@H]2C[C@@H](O)CN2C(=O)[C@@H](c2cc(N3CCC(CN4CCC(OC5CC(Oc6cc(N7C8CC[C@@H]7CN(c7cc(-c9ccccc9O)nnc7N)C8)ccn6)C5)CC4)CC3)no2)C(C)C)cc1. The molecule has 1 saturated carbocycles. The molecule has 2 bridgehead atoms. The minimum atomic E-state index is -0.817. The van der Waals surface area contributed by atoms with Crippen LogP contribution in [0.2, 0.25) is 0 Å². The zero-order valence-corrected chi connectivity index (χ0v) is 46.8. The van der Waals surface area contributed by atoms with Gasteiger partial charge in [0, 0.05) is 119 Å². The molecule has 81 heavy (non-hydrogen) atoms. The highest BCUT2D eigenvalue weighted by atomic mass is 16.5. The number of rotatable bonds is 17. The van der Waals surface area contributed by atoms with Crippen molar-refractivity contribution < 1.29 is 38.2 Å². The fourth-order valence-corrected chi connectivity index (χ4v) is 13.4. The van der Waals surface area contributed by atoms with Gasteiger partial charge in [-0.3, -0.25) is 9.59 Å². The first-order valence-electron chi connectivity index (χ1n) is 29.2. The molecule has 6 aliphatic rings. The molecule has 9 heterocycles. The number of phenolic OH excluding ortho intramolecular Hbond substituents is 1. The number of piperazine rings is 1. The van der Waals surface area contributed by atoms with Crippen LogP contribution in [0.5, 0.6) is 11.6 Å². The zero-order chi connectivity index (χ0) is 55.9. The summed E-state index contributed by atoms with van der Waals surface area (Å²) >= 11 is 0. The number of carbonyl (C=O) groups is 2. The molecule has 20 nitrogen and oxygen atoms in total. The van der Waals surface area contributed by atoms with Crippen molar-refractivity contribution in [1.29, 1.82) is 0 Å². The second-order valence-electron chi connectivity index (χ2n) is 23.8. The third-order valence-electron chi connectivity index (χ3n) is 17.9. The highest BCUT2D eigenvalue weighted by Gasteiger charge is 2.45. The maximum Gasteiger partial charge on any atom is 0.243 e. The second-order valence-corrected chi connectivity index (χ2v) is 23.8. The molecular weight excluding hydrogens is 1030 g/mol. The lowest BCUT2D eigenvalue weighted by atomic mass is 9.91. The number of oxazole rings is 1. The van der Waals surface area contributed by atoms with E-state index in [4.69, 9.17) is 24.1 Å². The number of fused-ring (bicyclic) bond motifs is 2. The molecule has 5 saturated heterocycles. The molecule has 6 atom stereocenters. The molecule has 6 fully saturated rings. The van der Waals surface area contributed by atoms with Crippen LogP contribution >= 0.6 is 0 Å². The number of para-hydroxylation sites is 1. The van der Waals surface area contributed by atoms with Crippen molar-refractivity contribution in [3.63, 3.8) is 0 Å². The van der Waals surface area contributed by atoms with Gasteiger partial charge in [-0.15, -0.1) is 10.2 Å². The number of amides is 2. The first kappa shape index (κ1) is 54.3. The van der Waals surface area contributed by atoms with E-state index in [2.05, 4.69) is 62.4 Å². The number of aliphatic hydroxyl groups excluding tert-OH is 1. The van der Waals surface area contributed by atoms with E-state index in [1.54, 1.807) is 12.1 Å². The van der Waals surface area contributed by atoms with E-state index in [0.717, 1.165) is 131 Å². The van der Waals surface area contributed by atoms with E-state index in [1.165, 1.54) is 11.3 Å². The molecule has 0 spiro atoms. The van der Waals surface area contributed by atoms with Gasteiger partial charge in [-0.2, -0.15) is 0 Å². The number of phenols is 1. The van der Waals surface area contributed by atoms with E-state index in [0.29, 0.717) is 52.5 Å². The summed E-state index contributed by atoms with van der Waals surface area (Å²) in [5.74, 6) is 2.35. The number of ether oxygens (including phenoxy) is 2. The Morgan fingerprint density at radius 1 is 0.827 bits per heavy atom. The Bertz CT molecular complexity index is 3140. The maximum absolute atomic E-state index is 14.4. The summed E-state index contributed by atoms with van der Waals surface area (Å²) in [4.78, 5) is 48.2. The van der Waals surface area contributed by atoms with E-state index >= 15 is 0 Å². The lowest BCUT2D eigenvalue weighted by Gasteiger charge is -2.43. The summed E-state index contributed by atoms with van der Waals surface area (Å²) in [5.41, 5.74) is 12.2. The minimum absolute atomic E-state index is 0.0729. The number of pyridine rings is 1. The smallest absolute Gasteiger partial charge is 0.243 e. The molecule has 12 rings (SSSR count). The number of piperidine rings is 2. The number of aliphatic hydroxyl groups is 1. The minimum Gasteiger partial charge on any atom is -0.507 e. The van der Waals surface area contributed by atoms with Crippen molar-refractivity contribution >= 4 is 34.8 Å². The quantitative estimate of drug-likeness (QED) is 0.0691. The number of anilines is 4.